The number of hydrogen-bond donors (Lipinski definition) is 0. The Balaban J connectivity index is 3.15. The average molecular weight is 232 g/mol. The Morgan fingerprint density at radius 1 is 1.27 bits per heavy atom. The highest BCUT2D eigenvalue weighted by molar-refractivity contribution is 6.36. The molecule has 4 heteroatoms. The van der Waals surface area contributed by atoms with Crippen LogP contribution in [0.3, 0.4) is 0 Å². The van der Waals surface area contributed by atoms with Crippen molar-refractivity contribution < 1.29 is 8.78 Å². The molecule has 0 atom stereocenters. The summed E-state index contributed by atoms with van der Waals surface area (Å²) in [5, 5.41) is -3.42. The molecule has 0 bridgehead atoms. The molecule has 1 aromatic rings. The van der Waals surface area contributed by atoms with Crippen LogP contribution in [0.1, 0.15) is 19.4 Å². The molecule has 0 fully saturated rings. The second-order valence-corrected chi connectivity index (χ2v) is 3.91. The normalized spacial score (nSPS) is 13.3. The van der Waals surface area contributed by atoms with Gasteiger partial charge in [0.2, 0.25) is 0 Å². The predicted molar refractivity (Wildman–Crippen MR) is 58.9 cm³/mol. The first-order valence-electron chi connectivity index (χ1n) is 4.61. The monoisotopic (exact) mass is 231 g/mol. The first-order chi connectivity index (χ1) is 6.91. The largest absolute Gasteiger partial charge is 0.364 e. The predicted octanol–water partition coefficient (Wildman–Crippen LogP) is 3.72. The molecular formula is C11H12ClF2N. The lowest BCUT2D eigenvalue weighted by Crippen LogP contribution is -2.24. The minimum Gasteiger partial charge on any atom is -0.279 e. The Labute approximate surface area is 92.8 Å². The fraction of sp³-hybridized carbons (Fsp3) is 0.364. The van der Waals surface area contributed by atoms with Crippen LogP contribution in [-0.4, -0.2) is 17.1 Å². The van der Waals surface area contributed by atoms with Crippen LogP contribution < -0.4 is 0 Å². The smallest absolute Gasteiger partial charge is 0.279 e. The van der Waals surface area contributed by atoms with Gasteiger partial charge in [0.05, 0.1) is 0 Å². The molecule has 0 aliphatic rings. The van der Waals surface area contributed by atoms with Gasteiger partial charge in [-0.15, -0.1) is 0 Å². The average Bonchev–Trinajstić information content (AvgIpc) is 2.14. The van der Waals surface area contributed by atoms with Gasteiger partial charge in [-0.1, -0.05) is 30.3 Å². The molecule has 15 heavy (non-hydrogen) atoms. The van der Waals surface area contributed by atoms with Gasteiger partial charge < -0.3 is 0 Å². The molecule has 0 spiro atoms. The van der Waals surface area contributed by atoms with Gasteiger partial charge in [-0.05, 0) is 25.4 Å². The number of halogens is 3. The van der Waals surface area contributed by atoms with Gasteiger partial charge in [0.1, 0.15) is 5.71 Å². The number of aliphatic imine (C=N–C) groups is 1. The SMILES string of the molecule is CC(C)N=C(c1ccccc1)C(F)(F)Cl. The molecule has 1 rings (SSSR count). The Kier molecular flexibility index (Phi) is 3.80. The van der Waals surface area contributed by atoms with E-state index in [0.29, 0.717) is 5.56 Å². The number of rotatable bonds is 3. The first-order valence-corrected chi connectivity index (χ1v) is 4.99. The van der Waals surface area contributed by atoms with E-state index in [1.54, 1.807) is 44.2 Å². The van der Waals surface area contributed by atoms with E-state index in [2.05, 4.69) is 4.99 Å². The van der Waals surface area contributed by atoms with Crippen LogP contribution in [0, 0.1) is 0 Å². The zero-order valence-electron chi connectivity index (χ0n) is 8.55. The molecule has 0 saturated heterocycles. The second-order valence-electron chi connectivity index (χ2n) is 3.44. The van der Waals surface area contributed by atoms with Crippen molar-refractivity contribution >= 4 is 17.3 Å². The van der Waals surface area contributed by atoms with Crippen LogP contribution in [0.4, 0.5) is 8.78 Å². The molecule has 0 saturated carbocycles. The van der Waals surface area contributed by atoms with E-state index in [0.717, 1.165) is 0 Å². The summed E-state index contributed by atoms with van der Waals surface area (Å²) in [6.07, 6.45) is 0. The molecule has 1 nitrogen and oxygen atoms in total. The molecule has 0 N–H and O–H groups in total. The van der Waals surface area contributed by atoms with Crippen LogP contribution in [0.5, 0.6) is 0 Å². The molecule has 0 aliphatic carbocycles. The van der Waals surface area contributed by atoms with Crippen LogP contribution >= 0.6 is 11.6 Å². The lowest BCUT2D eigenvalue weighted by molar-refractivity contribution is 0.175. The van der Waals surface area contributed by atoms with Gasteiger partial charge in [0.15, 0.2) is 0 Å². The fourth-order valence-corrected chi connectivity index (χ4v) is 1.32. The molecule has 0 unspecified atom stereocenters. The van der Waals surface area contributed by atoms with Gasteiger partial charge in [0.25, 0.3) is 0 Å². The summed E-state index contributed by atoms with van der Waals surface area (Å²) >= 11 is 5.01. The second kappa shape index (κ2) is 4.71. The Hall–Kier alpha value is -0.960. The Bertz CT molecular complexity index is 341. The Morgan fingerprint density at radius 3 is 2.20 bits per heavy atom. The number of alkyl halides is 3. The highest BCUT2D eigenvalue weighted by Gasteiger charge is 2.33. The highest BCUT2D eigenvalue weighted by atomic mass is 35.5. The third kappa shape index (κ3) is 3.59. The van der Waals surface area contributed by atoms with E-state index in [9.17, 15) is 8.78 Å². The van der Waals surface area contributed by atoms with Crippen molar-refractivity contribution in [3.05, 3.63) is 35.9 Å². The molecule has 0 heterocycles. The van der Waals surface area contributed by atoms with Crippen LogP contribution in [0.15, 0.2) is 35.3 Å². The van der Waals surface area contributed by atoms with E-state index >= 15 is 0 Å². The molecule has 0 aromatic heterocycles. The fourth-order valence-electron chi connectivity index (χ4n) is 1.17. The molecule has 82 valence electrons. The summed E-state index contributed by atoms with van der Waals surface area (Å²) in [5.74, 6) is 0. The van der Waals surface area contributed by atoms with E-state index in [1.165, 1.54) is 0 Å². The number of nitrogens with zero attached hydrogens (tertiary/aromatic N) is 1. The van der Waals surface area contributed by atoms with Gasteiger partial charge >= 0.3 is 5.38 Å². The van der Waals surface area contributed by atoms with Crippen molar-refractivity contribution in [1.29, 1.82) is 0 Å². The van der Waals surface area contributed by atoms with Crippen molar-refractivity contribution in [2.75, 3.05) is 0 Å². The third-order valence-corrected chi connectivity index (χ3v) is 1.88. The minimum atomic E-state index is -3.42. The van der Waals surface area contributed by atoms with Crippen LogP contribution in [0.25, 0.3) is 0 Å². The maximum atomic E-state index is 13.1. The van der Waals surface area contributed by atoms with Gasteiger partial charge in [-0.2, -0.15) is 8.78 Å². The third-order valence-electron chi connectivity index (χ3n) is 1.70. The summed E-state index contributed by atoms with van der Waals surface area (Å²) in [6.45, 7) is 3.46. The molecule has 1 aromatic carbocycles. The zero-order valence-corrected chi connectivity index (χ0v) is 9.30. The molecular weight excluding hydrogens is 220 g/mol. The summed E-state index contributed by atoms with van der Waals surface area (Å²) in [4.78, 5) is 3.85. The van der Waals surface area contributed by atoms with Crippen molar-refractivity contribution in [3.63, 3.8) is 0 Å². The lowest BCUT2D eigenvalue weighted by atomic mass is 10.1. The van der Waals surface area contributed by atoms with E-state index in [-0.39, 0.29) is 11.8 Å². The van der Waals surface area contributed by atoms with Crippen molar-refractivity contribution in [2.24, 2.45) is 4.99 Å². The summed E-state index contributed by atoms with van der Waals surface area (Å²) in [5.41, 5.74) is -0.0223. The maximum Gasteiger partial charge on any atom is 0.364 e. The van der Waals surface area contributed by atoms with E-state index in [1.807, 2.05) is 0 Å². The van der Waals surface area contributed by atoms with Crippen molar-refractivity contribution in [3.8, 4) is 0 Å². The molecule has 0 aliphatic heterocycles. The molecule has 0 amide bonds. The zero-order chi connectivity index (χ0) is 11.5. The molecule has 0 radical (unpaired) electrons. The van der Waals surface area contributed by atoms with Gasteiger partial charge in [-0.25, -0.2) is 0 Å². The van der Waals surface area contributed by atoms with Crippen LogP contribution in [-0.2, 0) is 0 Å². The number of benzene rings is 1. The maximum absolute atomic E-state index is 13.1. The van der Waals surface area contributed by atoms with Crippen molar-refractivity contribution in [2.45, 2.75) is 25.3 Å². The highest BCUT2D eigenvalue weighted by Crippen LogP contribution is 2.25. The van der Waals surface area contributed by atoms with Gasteiger partial charge in [-0.3, -0.25) is 4.99 Å². The Morgan fingerprint density at radius 2 is 1.80 bits per heavy atom. The topological polar surface area (TPSA) is 12.4 Å². The minimum absolute atomic E-state index is 0.218. The standard InChI is InChI=1S/C11H12ClF2N/c1-8(2)15-10(11(12,13)14)9-6-4-3-5-7-9/h3-8H,1-2H3. The van der Waals surface area contributed by atoms with Crippen LogP contribution in [0.2, 0.25) is 0 Å². The van der Waals surface area contributed by atoms with Crippen molar-refractivity contribution in [1.82, 2.24) is 0 Å². The lowest BCUT2D eigenvalue weighted by Gasteiger charge is -2.13. The quantitative estimate of drug-likeness (QED) is 0.556. The van der Waals surface area contributed by atoms with Gasteiger partial charge in [0, 0.05) is 11.6 Å². The first kappa shape index (κ1) is 12.1. The van der Waals surface area contributed by atoms with E-state index < -0.39 is 5.38 Å². The summed E-state index contributed by atoms with van der Waals surface area (Å²) in [7, 11) is 0. The van der Waals surface area contributed by atoms with E-state index in [4.69, 9.17) is 11.6 Å². The number of hydrogen-bond acceptors (Lipinski definition) is 1. The summed E-state index contributed by atoms with van der Waals surface area (Å²) < 4.78 is 26.1. The summed E-state index contributed by atoms with van der Waals surface area (Å²) in [6, 6.07) is 8.02.